The molecule has 218 valence electrons. The molecule has 0 heterocycles. The fraction of sp³-hybridized carbons (Fsp3) is 0.765. The van der Waals surface area contributed by atoms with Crippen molar-refractivity contribution in [1.29, 1.82) is 0 Å². The number of benzene rings is 1. The van der Waals surface area contributed by atoms with Gasteiger partial charge in [-0.2, -0.15) is 0 Å². The summed E-state index contributed by atoms with van der Waals surface area (Å²) in [6.45, 7) is 8.90. The molecule has 0 aliphatic rings. The molecule has 1 rings (SSSR count). The molecule has 1 aromatic rings. The lowest BCUT2D eigenvalue weighted by Gasteiger charge is -2.23. The van der Waals surface area contributed by atoms with E-state index in [-0.39, 0.29) is 11.1 Å². The summed E-state index contributed by atoms with van der Waals surface area (Å²) < 4.78 is 0. The van der Waals surface area contributed by atoms with Crippen LogP contribution in [0.3, 0.4) is 0 Å². The maximum Gasteiger partial charge on any atom is 0.336 e. The summed E-state index contributed by atoms with van der Waals surface area (Å²) in [7, 11) is 0. The van der Waals surface area contributed by atoms with Gasteiger partial charge in [-0.1, -0.05) is 149 Å². The molecule has 1 aromatic carbocycles. The van der Waals surface area contributed by atoms with Crippen LogP contribution in [0.5, 0.6) is 0 Å². The lowest BCUT2D eigenvalue weighted by Crippen LogP contribution is -2.18. The minimum Gasteiger partial charge on any atom is -0.478 e. The molecule has 0 spiro atoms. The second kappa shape index (κ2) is 21.0. The van der Waals surface area contributed by atoms with Gasteiger partial charge in [-0.15, -0.1) is 0 Å². The van der Waals surface area contributed by atoms with Crippen molar-refractivity contribution in [2.24, 2.45) is 11.8 Å². The van der Waals surface area contributed by atoms with Gasteiger partial charge in [0, 0.05) is 0 Å². The van der Waals surface area contributed by atoms with Gasteiger partial charge in [0.25, 0.3) is 0 Å². The Bertz CT molecular complexity index is 785. The number of aromatic carboxylic acids is 2. The number of carboxylic acid groups (broad SMARTS) is 2. The van der Waals surface area contributed by atoms with Crippen molar-refractivity contribution in [3.63, 3.8) is 0 Å². The molecule has 2 N–H and O–H groups in total. The minimum atomic E-state index is -1.15. The first kappa shape index (κ1) is 34.2. The molecule has 0 radical (unpaired) electrons. The molecule has 4 nitrogen and oxygen atoms in total. The quantitative estimate of drug-likeness (QED) is 0.130. The van der Waals surface area contributed by atoms with Crippen molar-refractivity contribution < 1.29 is 19.8 Å². The van der Waals surface area contributed by atoms with Crippen LogP contribution in [0.1, 0.15) is 175 Å². The number of unbranched alkanes of at least 4 members (excludes halogenated alkanes) is 12. The summed E-state index contributed by atoms with van der Waals surface area (Å²) in [5.41, 5.74) is 1.80. The van der Waals surface area contributed by atoms with Crippen LogP contribution >= 0.6 is 0 Å². The molecule has 0 bridgehead atoms. The van der Waals surface area contributed by atoms with Gasteiger partial charge in [0.2, 0.25) is 0 Å². The Hall–Kier alpha value is -1.84. The molecule has 4 heteroatoms. The highest BCUT2D eigenvalue weighted by Gasteiger charge is 2.25. The smallest absolute Gasteiger partial charge is 0.336 e. The average molecular weight is 531 g/mol. The second-order valence-electron chi connectivity index (χ2n) is 11.5. The van der Waals surface area contributed by atoms with E-state index in [1.165, 1.54) is 89.5 Å². The van der Waals surface area contributed by atoms with E-state index in [2.05, 4.69) is 27.7 Å². The van der Waals surface area contributed by atoms with Crippen LogP contribution < -0.4 is 0 Å². The van der Waals surface area contributed by atoms with Gasteiger partial charge in [-0.3, -0.25) is 0 Å². The minimum absolute atomic E-state index is 0.0267. The molecule has 2 atom stereocenters. The van der Waals surface area contributed by atoms with Gasteiger partial charge in [0.05, 0.1) is 11.1 Å². The number of carbonyl (C=O) groups is 2. The van der Waals surface area contributed by atoms with Gasteiger partial charge < -0.3 is 10.2 Å². The molecule has 2 unspecified atom stereocenters. The van der Waals surface area contributed by atoms with Crippen LogP contribution in [0.15, 0.2) is 12.1 Å². The standard InChI is InChI=1S/C34H58O4/c1-5-9-11-13-15-17-19-21-27(7-3)25-29-23-24-30(33(35)36)32(34(37)38)31(29)26-28(8-4)22-20-18-16-14-12-10-6-2/h23-24,27-28H,5-22,25-26H2,1-4H3,(H,35,36)(H,37,38). The molecule has 0 amide bonds. The first-order chi connectivity index (χ1) is 18.4. The van der Waals surface area contributed by atoms with Gasteiger partial charge in [0.1, 0.15) is 0 Å². The number of rotatable bonds is 24. The molecule has 0 fully saturated rings. The van der Waals surface area contributed by atoms with E-state index in [0.717, 1.165) is 49.7 Å². The summed E-state index contributed by atoms with van der Waals surface area (Å²) >= 11 is 0. The normalized spacial score (nSPS) is 12.9. The van der Waals surface area contributed by atoms with Crippen molar-refractivity contribution >= 4 is 11.9 Å². The van der Waals surface area contributed by atoms with Crippen LogP contribution in [0.4, 0.5) is 0 Å². The predicted molar refractivity (Wildman–Crippen MR) is 161 cm³/mol. The highest BCUT2D eigenvalue weighted by atomic mass is 16.4. The zero-order valence-corrected chi connectivity index (χ0v) is 25.2. The zero-order valence-electron chi connectivity index (χ0n) is 25.2. The van der Waals surface area contributed by atoms with E-state index in [4.69, 9.17) is 0 Å². The van der Waals surface area contributed by atoms with Gasteiger partial charge in [0.15, 0.2) is 0 Å². The average Bonchev–Trinajstić information content (AvgIpc) is 2.90. The highest BCUT2D eigenvalue weighted by Crippen LogP contribution is 2.30. The fourth-order valence-electron chi connectivity index (χ4n) is 5.82. The molecule has 38 heavy (non-hydrogen) atoms. The van der Waals surface area contributed by atoms with Crippen molar-refractivity contribution in [1.82, 2.24) is 0 Å². The van der Waals surface area contributed by atoms with Crippen LogP contribution in [-0.4, -0.2) is 22.2 Å². The SMILES string of the molecule is CCCCCCCCCC(CC)Cc1ccc(C(=O)O)c(C(=O)O)c1CC(CC)CCCCCCCCC. The Morgan fingerprint density at radius 2 is 1.05 bits per heavy atom. The van der Waals surface area contributed by atoms with Crippen LogP contribution in [0, 0.1) is 11.8 Å². The Morgan fingerprint density at radius 1 is 0.605 bits per heavy atom. The monoisotopic (exact) mass is 530 g/mol. The maximum absolute atomic E-state index is 12.4. The highest BCUT2D eigenvalue weighted by molar-refractivity contribution is 6.03. The molecular weight excluding hydrogens is 472 g/mol. The molecule has 0 saturated heterocycles. The molecule has 0 aromatic heterocycles. The van der Waals surface area contributed by atoms with E-state index < -0.39 is 11.9 Å². The number of hydrogen-bond donors (Lipinski definition) is 2. The molecular formula is C34H58O4. The Balaban J connectivity index is 2.95. The van der Waals surface area contributed by atoms with Crippen LogP contribution in [0.25, 0.3) is 0 Å². The third kappa shape index (κ3) is 13.3. The van der Waals surface area contributed by atoms with Crippen molar-refractivity contribution in [2.45, 2.75) is 156 Å². The van der Waals surface area contributed by atoms with E-state index in [0.29, 0.717) is 18.3 Å². The zero-order chi connectivity index (χ0) is 28.2. The fourth-order valence-corrected chi connectivity index (χ4v) is 5.82. The maximum atomic E-state index is 12.4. The number of carboxylic acids is 2. The lowest BCUT2D eigenvalue weighted by molar-refractivity contribution is 0.0650. The first-order valence-corrected chi connectivity index (χ1v) is 16.0. The van der Waals surface area contributed by atoms with E-state index in [1.807, 2.05) is 6.07 Å². The predicted octanol–water partition coefficient (Wildman–Crippen LogP) is 10.5. The van der Waals surface area contributed by atoms with E-state index in [9.17, 15) is 19.8 Å². The van der Waals surface area contributed by atoms with Crippen molar-refractivity contribution in [2.75, 3.05) is 0 Å². The van der Waals surface area contributed by atoms with Gasteiger partial charge >= 0.3 is 11.9 Å². The van der Waals surface area contributed by atoms with Crippen LogP contribution in [0.2, 0.25) is 0 Å². The molecule has 0 aliphatic heterocycles. The lowest BCUT2D eigenvalue weighted by atomic mass is 9.82. The topological polar surface area (TPSA) is 74.6 Å². The first-order valence-electron chi connectivity index (χ1n) is 16.0. The Morgan fingerprint density at radius 3 is 1.47 bits per heavy atom. The summed E-state index contributed by atoms with van der Waals surface area (Å²) in [6.07, 6.45) is 23.7. The summed E-state index contributed by atoms with van der Waals surface area (Å²) in [4.78, 5) is 24.3. The molecule has 0 aliphatic carbocycles. The van der Waals surface area contributed by atoms with E-state index >= 15 is 0 Å². The van der Waals surface area contributed by atoms with Crippen molar-refractivity contribution in [3.05, 3.63) is 34.4 Å². The number of hydrogen-bond acceptors (Lipinski definition) is 2. The molecule has 0 saturated carbocycles. The van der Waals surface area contributed by atoms with E-state index in [1.54, 1.807) is 0 Å². The Kier molecular flexibility index (Phi) is 18.9. The largest absolute Gasteiger partial charge is 0.478 e. The Labute approximate surface area is 234 Å². The van der Waals surface area contributed by atoms with Crippen molar-refractivity contribution in [3.8, 4) is 0 Å². The summed E-state index contributed by atoms with van der Waals surface area (Å²) in [6, 6.07) is 3.45. The van der Waals surface area contributed by atoms with Gasteiger partial charge in [-0.05, 0) is 41.9 Å². The third-order valence-corrected chi connectivity index (χ3v) is 8.44. The third-order valence-electron chi connectivity index (χ3n) is 8.44. The summed E-state index contributed by atoms with van der Waals surface area (Å²) in [5.74, 6) is -1.37. The second-order valence-corrected chi connectivity index (χ2v) is 11.5. The summed E-state index contributed by atoms with van der Waals surface area (Å²) in [5, 5.41) is 19.9. The van der Waals surface area contributed by atoms with Gasteiger partial charge in [-0.25, -0.2) is 9.59 Å². The van der Waals surface area contributed by atoms with Crippen LogP contribution in [-0.2, 0) is 12.8 Å².